The highest BCUT2D eigenvalue weighted by Gasteiger charge is 2.31. The molecule has 1 saturated carbocycles. The predicted molar refractivity (Wildman–Crippen MR) is 120 cm³/mol. The third-order valence-corrected chi connectivity index (χ3v) is 6.59. The molecule has 30 heavy (non-hydrogen) atoms. The summed E-state index contributed by atoms with van der Waals surface area (Å²) in [7, 11) is 0. The lowest BCUT2D eigenvalue weighted by Gasteiger charge is -2.32. The molecule has 0 unspecified atom stereocenters. The minimum atomic E-state index is 0.0901. The van der Waals surface area contributed by atoms with Gasteiger partial charge >= 0.3 is 0 Å². The van der Waals surface area contributed by atoms with Crippen LogP contribution in [0.4, 0.5) is 22.9 Å². The second-order valence-electron chi connectivity index (χ2n) is 8.35. The van der Waals surface area contributed by atoms with Gasteiger partial charge in [0, 0.05) is 36.5 Å². The molecule has 2 fully saturated rings. The third-order valence-electron chi connectivity index (χ3n) is 6.38. The smallest absolute Gasteiger partial charge is 0.230 e. The maximum atomic E-state index is 13.7. The van der Waals surface area contributed by atoms with Gasteiger partial charge in [0.05, 0.1) is 36.2 Å². The van der Waals surface area contributed by atoms with Crippen LogP contribution in [-0.4, -0.2) is 37.2 Å². The summed E-state index contributed by atoms with van der Waals surface area (Å²) in [4.78, 5) is 22.4. The van der Waals surface area contributed by atoms with E-state index in [9.17, 15) is 4.79 Å². The molecule has 1 aromatic carbocycles. The molecule has 1 saturated heterocycles. The monoisotopic (exact) mass is 426 g/mol. The first kappa shape index (κ1) is 19.6. The number of nitrogens with one attached hydrogen (secondary N) is 1. The number of aromatic nitrogens is 1. The van der Waals surface area contributed by atoms with Crippen molar-refractivity contribution in [3.05, 3.63) is 41.0 Å². The standard InChI is InChI=1S/C23H27ClN4O2/c24-18-12-17-15-28(23(29)16-4-2-1-3-5-16)21-13-19(27-8-10-30-11-9-27)6-7-20(21)26-22(17)25-14-18/h6-7,12-14,16H,1-5,8-11,15H2,(H,25,26). The highest BCUT2D eigenvalue weighted by Crippen LogP contribution is 2.40. The van der Waals surface area contributed by atoms with Crippen LogP contribution in [-0.2, 0) is 16.1 Å². The van der Waals surface area contributed by atoms with E-state index in [0.717, 1.165) is 80.4 Å². The van der Waals surface area contributed by atoms with Gasteiger partial charge in [-0.25, -0.2) is 4.98 Å². The number of amides is 1. The second-order valence-corrected chi connectivity index (χ2v) is 8.78. The lowest BCUT2D eigenvalue weighted by molar-refractivity contribution is -0.123. The minimum Gasteiger partial charge on any atom is -0.378 e. The Morgan fingerprint density at radius 3 is 2.73 bits per heavy atom. The Bertz CT molecular complexity index is 939. The number of hydrogen-bond acceptors (Lipinski definition) is 5. The number of carbonyl (C=O) groups excluding carboxylic acids is 1. The molecule has 1 amide bonds. The first-order chi connectivity index (χ1) is 14.7. The number of nitrogens with zero attached hydrogens (tertiary/aromatic N) is 3. The number of fused-ring (bicyclic) bond motifs is 2. The molecule has 1 aliphatic carbocycles. The van der Waals surface area contributed by atoms with E-state index in [1.54, 1.807) is 6.20 Å². The molecule has 0 spiro atoms. The van der Waals surface area contributed by atoms with Gasteiger partial charge in [-0.2, -0.15) is 0 Å². The predicted octanol–water partition coefficient (Wildman–Crippen LogP) is 4.74. The molecule has 2 aliphatic heterocycles. The van der Waals surface area contributed by atoms with Crippen LogP contribution < -0.4 is 15.1 Å². The zero-order valence-corrected chi connectivity index (χ0v) is 17.8. The molecular weight excluding hydrogens is 400 g/mol. The zero-order valence-electron chi connectivity index (χ0n) is 17.1. The number of anilines is 4. The number of ether oxygens (including phenoxy) is 1. The van der Waals surface area contributed by atoms with Gasteiger partial charge in [0.2, 0.25) is 5.91 Å². The van der Waals surface area contributed by atoms with Crippen molar-refractivity contribution >= 4 is 40.4 Å². The van der Waals surface area contributed by atoms with Crippen molar-refractivity contribution in [1.82, 2.24) is 4.98 Å². The van der Waals surface area contributed by atoms with E-state index >= 15 is 0 Å². The van der Waals surface area contributed by atoms with Crippen molar-refractivity contribution in [2.24, 2.45) is 5.92 Å². The lowest BCUT2D eigenvalue weighted by Crippen LogP contribution is -2.38. The molecule has 6 nitrogen and oxygen atoms in total. The largest absolute Gasteiger partial charge is 0.378 e. The Morgan fingerprint density at radius 1 is 1.13 bits per heavy atom. The Morgan fingerprint density at radius 2 is 1.93 bits per heavy atom. The van der Waals surface area contributed by atoms with Crippen LogP contribution in [0.3, 0.4) is 0 Å². The Balaban J connectivity index is 1.55. The zero-order chi connectivity index (χ0) is 20.5. The van der Waals surface area contributed by atoms with E-state index in [1.807, 2.05) is 11.0 Å². The number of morpholine rings is 1. The van der Waals surface area contributed by atoms with Crippen molar-refractivity contribution in [3.63, 3.8) is 0 Å². The fraction of sp³-hybridized carbons (Fsp3) is 0.478. The van der Waals surface area contributed by atoms with Gasteiger partial charge in [-0.15, -0.1) is 0 Å². The maximum absolute atomic E-state index is 13.7. The van der Waals surface area contributed by atoms with Crippen LogP contribution >= 0.6 is 11.6 Å². The van der Waals surface area contributed by atoms with Crippen molar-refractivity contribution in [2.75, 3.05) is 41.4 Å². The van der Waals surface area contributed by atoms with Gasteiger partial charge in [0.25, 0.3) is 0 Å². The van der Waals surface area contributed by atoms with Crippen molar-refractivity contribution in [1.29, 1.82) is 0 Å². The number of rotatable bonds is 2. The molecular formula is C23H27ClN4O2. The summed E-state index contributed by atoms with van der Waals surface area (Å²) in [6, 6.07) is 8.22. The summed E-state index contributed by atoms with van der Waals surface area (Å²) in [5.41, 5.74) is 3.89. The summed E-state index contributed by atoms with van der Waals surface area (Å²) in [6.07, 6.45) is 7.09. The topological polar surface area (TPSA) is 57.7 Å². The Kier molecular flexibility index (Phi) is 5.52. The molecule has 1 aromatic heterocycles. The first-order valence-corrected chi connectivity index (χ1v) is 11.3. The molecule has 5 rings (SSSR count). The van der Waals surface area contributed by atoms with Gasteiger partial charge in [-0.3, -0.25) is 4.79 Å². The number of benzene rings is 1. The Hall–Kier alpha value is -2.31. The van der Waals surface area contributed by atoms with Crippen molar-refractivity contribution in [3.8, 4) is 0 Å². The van der Waals surface area contributed by atoms with E-state index in [0.29, 0.717) is 11.6 Å². The number of pyridine rings is 1. The van der Waals surface area contributed by atoms with E-state index in [-0.39, 0.29) is 11.8 Å². The molecule has 7 heteroatoms. The normalized spacial score (nSPS) is 19.5. The fourth-order valence-corrected chi connectivity index (χ4v) is 4.91. The van der Waals surface area contributed by atoms with Crippen LogP contribution in [0.1, 0.15) is 37.7 Å². The van der Waals surface area contributed by atoms with E-state index in [2.05, 4.69) is 33.4 Å². The van der Waals surface area contributed by atoms with Crippen molar-refractivity contribution < 1.29 is 9.53 Å². The van der Waals surface area contributed by atoms with Crippen LogP contribution in [0.5, 0.6) is 0 Å². The minimum absolute atomic E-state index is 0.0901. The highest BCUT2D eigenvalue weighted by molar-refractivity contribution is 6.30. The van der Waals surface area contributed by atoms with Crippen molar-refractivity contribution in [2.45, 2.75) is 38.6 Å². The second kappa shape index (κ2) is 8.44. The number of halogens is 1. The van der Waals surface area contributed by atoms with Gasteiger partial charge in [0.15, 0.2) is 0 Å². The van der Waals surface area contributed by atoms with Crippen LogP contribution in [0, 0.1) is 5.92 Å². The maximum Gasteiger partial charge on any atom is 0.230 e. The molecule has 0 bridgehead atoms. The van der Waals surface area contributed by atoms with E-state index < -0.39 is 0 Å². The molecule has 3 aliphatic rings. The summed E-state index contributed by atoms with van der Waals surface area (Å²) in [5.74, 6) is 1.07. The lowest BCUT2D eigenvalue weighted by atomic mass is 9.88. The van der Waals surface area contributed by atoms with Gasteiger partial charge in [-0.05, 0) is 37.1 Å². The first-order valence-electron chi connectivity index (χ1n) is 10.9. The van der Waals surface area contributed by atoms with Gasteiger partial charge < -0.3 is 19.9 Å². The van der Waals surface area contributed by atoms with Crippen LogP contribution in [0.25, 0.3) is 0 Å². The number of hydrogen-bond donors (Lipinski definition) is 1. The average Bonchev–Trinajstić information content (AvgIpc) is 2.95. The molecule has 1 N–H and O–H groups in total. The third kappa shape index (κ3) is 3.86. The SMILES string of the molecule is O=C(C1CCCCC1)N1Cc2cc(Cl)cnc2Nc2ccc(N3CCOCC3)cc21. The molecule has 0 atom stereocenters. The Labute approximate surface area is 182 Å². The van der Waals surface area contributed by atoms with E-state index in [1.165, 1.54) is 6.42 Å². The molecule has 158 valence electrons. The van der Waals surface area contributed by atoms with Gasteiger partial charge in [0.1, 0.15) is 5.82 Å². The quantitative estimate of drug-likeness (QED) is 0.751. The molecule has 0 radical (unpaired) electrons. The summed E-state index contributed by atoms with van der Waals surface area (Å²) in [6.45, 7) is 3.66. The average molecular weight is 427 g/mol. The van der Waals surface area contributed by atoms with Crippen LogP contribution in [0.15, 0.2) is 30.5 Å². The molecule has 3 heterocycles. The number of carbonyl (C=O) groups is 1. The van der Waals surface area contributed by atoms with E-state index in [4.69, 9.17) is 16.3 Å². The van der Waals surface area contributed by atoms with Gasteiger partial charge in [-0.1, -0.05) is 30.9 Å². The van der Waals surface area contributed by atoms with Crippen LogP contribution in [0.2, 0.25) is 5.02 Å². The molecule has 2 aromatic rings. The fourth-order valence-electron chi connectivity index (χ4n) is 4.73. The highest BCUT2D eigenvalue weighted by atomic mass is 35.5. The summed E-state index contributed by atoms with van der Waals surface area (Å²) >= 11 is 6.23. The summed E-state index contributed by atoms with van der Waals surface area (Å²) < 4.78 is 5.51. The summed E-state index contributed by atoms with van der Waals surface area (Å²) in [5, 5.41) is 4.03.